The number of rotatable bonds is 0. The second-order valence-corrected chi connectivity index (χ2v) is 4.17. The first-order valence-electron chi connectivity index (χ1n) is 4.76. The molecule has 72 valence electrons. The van der Waals surface area contributed by atoms with E-state index >= 15 is 0 Å². The van der Waals surface area contributed by atoms with Crippen LogP contribution in [0.4, 0.5) is 4.79 Å². The third kappa shape index (κ3) is 1.30. The molecule has 1 saturated carbocycles. The molecule has 0 atom stereocenters. The summed E-state index contributed by atoms with van der Waals surface area (Å²) in [6.07, 6.45) is 3.61. The van der Waals surface area contributed by atoms with Crippen molar-refractivity contribution in [3.63, 3.8) is 0 Å². The highest BCUT2D eigenvalue weighted by Crippen LogP contribution is 2.33. The average molecular weight is 182 g/mol. The number of amides is 3. The maximum atomic E-state index is 11.5. The van der Waals surface area contributed by atoms with Crippen LogP contribution >= 0.6 is 0 Å². The van der Waals surface area contributed by atoms with E-state index in [1.165, 1.54) is 0 Å². The van der Waals surface area contributed by atoms with Crippen molar-refractivity contribution >= 4 is 11.9 Å². The van der Waals surface area contributed by atoms with E-state index in [4.69, 9.17) is 0 Å². The Kier molecular flexibility index (Phi) is 1.78. The van der Waals surface area contributed by atoms with Gasteiger partial charge < -0.3 is 5.32 Å². The fourth-order valence-corrected chi connectivity index (χ4v) is 2.14. The van der Waals surface area contributed by atoms with Crippen molar-refractivity contribution in [3.8, 4) is 0 Å². The van der Waals surface area contributed by atoms with E-state index in [1.807, 2.05) is 0 Å². The van der Waals surface area contributed by atoms with Crippen LogP contribution in [0.1, 0.15) is 32.6 Å². The number of nitrogens with one attached hydrogen (secondary N) is 2. The van der Waals surface area contributed by atoms with Crippen LogP contribution in [0.5, 0.6) is 0 Å². The lowest BCUT2D eigenvalue weighted by Crippen LogP contribution is -2.49. The first kappa shape index (κ1) is 8.53. The average Bonchev–Trinajstić information content (AvgIpc) is 2.34. The predicted molar refractivity (Wildman–Crippen MR) is 47.0 cm³/mol. The van der Waals surface area contributed by atoms with Crippen molar-refractivity contribution in [2.24, 2.45) is 5.92 Å². The summed E-state index contributed by atoms with van der Waals surface area (Å²) in [6.45, 7) is 2.18. The topological polar surface area (TPSA) is 58.2 Å². The van der Waals surface area contributed by atoms with E-state index < -0.39 is 5.54 Å². The minimum Gasteiger partial charge on any atom is -0.323 e. The fourth-order valence-electron chi connectivity index (χ4n) is 2.14. The zero-order chi connectivity index (χ0) is 9.47. The molecule has 1 spiro atoms. The van der Waals surface area contributed by atoms with E-state index in [1.54, 1.807) is 0 Å². The lowest BCUT2D eigenvalue weighted by Gasteiger charge is -2.32. The number of hydrogen-bond acceptors (Lipinski definition) is 2. The second kappa shape index (κ2) is 2.72. The van der Waals surface area contributed by atoms with Crippen LogP contribution in [-0.2, 0) is 4.79 Å². The van der Waals surface area contributed by atoms with Crippen LogP contribution in [0.15, 0.2) is 0 Å². The molecule has 2 N–H and O–H groups in total. The smallest absolute Gasteiger partial charge is 0.322 e. The van der Waals surface area contributed by atoms with Crippen molar-refractivity contribution in [2.75, 3.05) is 0 Å². The highest BCUT2D eigenvalue weighted by atomic mass is 16.2. The molecule has 3 amide bonds. The van der Waals surface area contributed by atoms with Gasteiger partial charge in [0.15, 0.2) is 0 Å². The number of urea groups is 1. The van der Waals surface area contributed by atoms with Gasteiger partial charge in [-0.25, -0.2) is 4.79 Å². The molecule has 0 aromatic rings. The van der Waals surface area contributed by atoms with Crippen molar-refractivity contribution in [1.29, 1.82) is 0 Å². The molecule has 4 heteroatoms. The van der Waals surface area contributed by atoms with Crippen LogP contribution < -0.4 is 10.6 Å². The third-order valence-corrected chi connectivity index (χ3v) is 3.14. The molecule has 13 heavy (non-hydrogen) atoms. The number of imide groups is 1. The highest BCUT2D eigenvalue weighted by molar-refractivity contribution is 6.07. The summed E-state index contributed by atoms with van der Waals surface area (Å²) in [6, 6.07) is -0.334. The lowest BCUT2D eigenvalue weighted by atomic mass is 9.77. The standard InChI is InChI=1S/C9H14N2O2/c1-6-2-4-9(5-3-6)7(12)10-8(13)11-9/h6H,2-5H2,1H3,(H2,10,11,12,13). The Morgan fingerprint density at radius 2 is 1.92 bits per heavy atom. The number of hydrogen-bond donors (Lipinski definition) is 2. The molecule has 2 fully saturated rings. The molecule has 4 nitrogen and oxygen atoms in total. The molecule has 1 aliphatic carbocycles. The Morgan fingerprint density at radius 1 is 1.31 bits per heavy atom. The van der Waals surface area contributed by atoms with E-state index in [0.29, 0.717) is 5.92 Å². The highest BCUT2D eigenvalue weighted by Gasteiger charge is 2.47. The number of carbonyl (C=O) groups excluding carboxylic acids is 2. The summed E-state index contributed by atoms with van der Waals surface area (Å²) in [4.78, 5) is 22.4. The van der Waals surface area contributed by atoms with Gasteiger partial charge in [-0.2, -0.15) is 0 Å². The van der Waals surface area contributed by atoms with E-state index in [9.17, 15) is 9.59 Å². The normalized spacial score (nSPS) is 39.0. The molecule has 0 aromatic heterocycles. The van der Waals surface area contributed by atoms with Gasteiger partial charge in [-0.1, -0.05) is 6.92 Å². The molecular formula is C9H14N2O2. The quantitative estimate of drug-likeness (QED) is 0.544. The molecule has 1 aliphatic heterocycles. The minimum absolute atomic E-state index is 0.135. The predicted octanol–water partition coefficient (Wildman–Crippen LogP) is 0.775. The maximum absolute atomic E-state index is 11.5. The molecule has 2 aliphatic rings. The molecule has 0 radical (unpaired) electrons. The van der Waals surface area contributed by atoms with E-state index in [2.05, 4.69) is 17.6 Å². The fraction of sp³-hybridized carbons (Fsp3) is 0.778. The van der Waals surface area contributed by atoms with Crippen molar-refractivity contribution in [1.82, 2.24) is 10.6 Å². The van der Waals surface area contributed by atoms with Crippen molar-refractivity contribution in [2.45, 2.75) is 38.1 Å². The summed E-state index contributed by atoms with van der Waals surface area (Å²) in [5.74, 6) is 0.542. The molecule has 0 unspecified atom stereocenters. The zero-order valence-corrected chi connectivity index (χ0v) is 7.72. The maximum Gasteiger partial charge on any atom is 0.322 e. The van der Waals surface area contributed by atoms with E-state index in [0.717, 1.165) is 25.7 Å². The molecular weight excluding hydrogens is 168 g/mol. The summed E-state index contributed by atoms with van der Waals surface area (Å²) in [5, 5.41) is 5.04. The first-order valence-corrected chi connectivity index (χ1v) is 4.76. The van der Waals surface area contributed by atoms with E-state index in [-0.39, 0.29) is 11.9 Å². The zero-order valence-electron chi connectivity index (χ0n) is 7.72. The second-order valence-electron chi connectivity index (χ2n) is 4.17. The van der Waals surface area contributed by atoms with Crippen molar-refractivity contribution < 1.29 is 9.59 Å². The third-order valence-electron chi connectivity index (χ3n) is 3.14. The Bertz CT molecular complexity index is 254. The van der Waals surface area contributed by atoms with Gasteiger partial charge in [0.1, 0.15) is 5.54 Å². The van der Waals surface area contributed by atoms with Crippen molar-refractivity contribution in [3.05, 3.63) is 0 Å². The van der Waals surface area contributed by atoms with Gasteiger partial charge in [0.2, 0.25) is 0 Å². The number of carbonyl (C=O) groups is 2. The Labute approximate surface area is 77.1 Å². The SMILES string of the molecule is CC1CCC2(CC1)NC(=O)NC2=O. The van der Waals surface area contributed by atoms with Crippen LogP contribution in [0, 0.1) is 5.92 Å². The monoisotopic (exact) mass is 182 g/mol. The van der Waals surface area contributed by atoms with Gasteiger partial charge in [0, 0.05) is 0 Å². The lowest BCUT2D eigenvalue weighted by molar-refractivity contribution is -0.125. The van der Waals surface area contributed by atoms with Crippen LogP contribution in [-0.4, -0.2) is 17.5 Å². The molecule has 1 saturated heterocycles. The summed E-state index contributed by atoms with van der Waals surface area (Å²) in [5.41, 5.74) is -0.566. The van der Waals surface area contributed by atoms with Crippen LogP contribution in [0.3, 0.4) is 0 Å². The Hall–Kier alpha value is -1.06. The van der Waals surface area contributed by atoms with Gasteiger partial charge in [-0.15, -0.1) is 0 Å². The van der Waals surface area contributed by atoms with Gasteiger partial charge in [-0.3, -0.25) is 10.1 Å². The Balaban J connectivity index is 2.13. The first-order chi connectivity index (χ1) is 6.12. The summed E-state index contributed by atoms with van der Waals surface area (Å²) >= 11 is 0. The minimum atomic E-state index is -0.566. The Morgan fingerprint density at radius 3 is 2.38 bits per heavy atom. The van der Waals surface area contributed by atoms with Gasteiger partial charge in [-0.05, 0) is 31.6 Å². The molecule has 0 aromatic carbocycles. The van der Waals surface area contributed by atoms with Crippen LogP contribution in [0.2, 0.25) is 0 Å². The van der Waals surface area contributed by atoms with Gasteiger partial charge >= 0.3 is 6.03 Å². The van der Waals surface area contributed by atoms with Gasteiger partial charge in [0.25, 0.3) is 5.91 Å². The van der Waals surface area contributed by atoms with Gasteiger partial charge in [0.05, 0.1) is 0 Å². The molecule has 0 bridgehead atoms. The molecule has 2 rings (SSSR count). The summed E-state index contributed by atoms with van der Waals surface area (Å²) in [7, 11) is 0. The molecule has 1 heterocycles. The largest absolute Gasteiger partial charge is 0.323 e. The summed E-state index contributed by atoms with van der Waals surface area (Å²) < 4.78 is 0. The van der Waals surface area contributed by atoms with Crippen LogP contribution in [0.25, 0.3) is 0 Å².